The van der Waals surface area contributed by atoms with E-state index < -0.39 is 17.7 Å². The molecule has 24 heavy (non-hydrogen) atoms. The van der Waals surface area contributed by atoms with Crippen LogP contribution in [0.2, 0.25) is 5.02 Å². The van der Waals surface area contributed by atoms with E-state index in [0.29, 0.717) is 25.1 Å². The maximum atomic E-state index is 12.4. The molecule has 1 heterocycles. The van der Waals surface area contributed by atoms with Crippen molar-refractivity contribution in [1.82, 2.24) is 10.3 Å². The average Bonchev–Trinajstić information content (AvgIpc) is 2.48. The first-order chi connectivity index (χ1) is 11.2. The third-order valence-corrected chi connectivity index (χ3v) is 3.11. The number of carbonyl (C=O) groups excluding carboxylic acids is 1. The Balaban J connectivity index is 2.28. The Hall–Kier alpha value is -2.03. The van der Waals surface area contributed by atoms with Crippen molar-refractivity contribution in [1.29, 1.82) is 0 Å². The number of hydrogen-bond acceptors (Lipinski definition) is 4. The Labute approximate surface area is 141 Å². The van der Waals surface area contributed by atoms with Crippen LogP contribution in [0.5, 0.6) is 5.88 Å². The molecule has 0 atom stereocenters. The molecule has 0 bridgehead atoms. The first-order valence-corrected chi connectivity index (χ1v) is 7.42. The molecule has 0 unspecified atom stereocenters. The Bertz CT molecular complexity index is 582. The van der Waals surface area contributed by atoms with E-state index in [2.05, 4.69) is 10.3 Å². The normalized spacial score (nSPS) is 11.2. The molecule has 1 rings (SSSR count). The number of rotatable bonds is 9. The number of aliphatic carboxylic acids is 1. The molecule has 0 saturated heterocycles. The molecule has 134 valence electrons. The molecule has 0 aliphatic carbocycles. The molecule has 1 amide bonds. The Morgan fingerprint density at radius 1 is 1.29 bits per heavy atom. The average molecular weight is 369 g/mol. The number of ether oxygens (including phenoxy) is 1. The van der Waals surface area contributed by atoms with Crippen molar-refractivity contribution >= 4 is 23.5 Å². The van der Waals surface area contributed by atoms with Gasteiger partial charge in [-0.15, -0.1) is 0 Å². The molecular formula is C14H16ClF3N2O4. The lowest BCUT2D eigenvalue weighted by molar-refractivity contribution is -0.138. The predicted octanol–water partition coefficient (Wildman–Crippen LogP) is 2.89. The minimum Gasteiger partial charge on any atom is -0.481 e. The molecule has 0 saturated carbocycles. The first kappa shape index (κ1) is 20.0. The largest absolute Gasteiger partial charge is 0.481 e. The molecule has 0 radical (unpaired) electrons. The van der Waals surface area contributed by atoms with Crippen LogP contribution in [0.15, 0.2) is 12.3 Å². The van der Waals surface area contributed by atoms with Crippen molar-refractivity contribution in [2.75, 3.05) is 13.2 Å². The van der Waals surface area contributed by atoms with Gasteiger partial charge in [0.05, 0.1) is 12.1 Å². The van der Waals surface area contributed by atoms with Crippen molar-refractivity contribution in [3.63, 3.8) is 0 Å². The van der Waals surface area contributed by atoms with Gasteiger partial charge in [-0.1, -0.05) is 11.6 Å². The summed E-state index contributed by atoms with van der Waals surface area (Å²) >= 11 is 5.66. The topological polar surface area (TPSA) is 88.5 Å². The summed E-state index contributed by atoms with van der Waals surface area (Å²) in [5, 5.41) is 10.7. The molecule has 0 aromatic carbocycles. The van der Waals surface area contributed by atoms with Crippen LogP contribution < -0.4 is 10.1 Å². The van der Waals surface area contributed by atoms with E-state index in [1.807, 2.05) is 0 Å². The zero-order chi connectivity index (χ0) is 18.2. The van der Waals surface area contributed by atoms with Crippen LogP contribution in [0.1, 0.15) is 31.2 Å². The third kappa shape index (κ3) is 7.49. The quantitative estimate of drug-likeness (QED) is 0.654. The standard InChI is InChI=1S/C14H16ClF3N2O4/c15-10-7-9(14(16,17)18)8-20-13(10)24-6-5-19-11(21)3-1-2-4-12(22)23/h7-8H,1-6H2,(H,19,21)(H,22,23). The van der Waals surface area contributed by atoms with Gasteiger partial charge in [-0.3, -0.25) is 9.59 Å². The van der Waals surface area contributed by atoms with Crippen molar-refractivity contribution in [2.45, 2.75) is 31.9 Å². The van der Waals surface area contributed by atoms with Gasteiger partial charge >= 0.3 is 12.1 Å². The Morgan fingerprint density at radius 2 is 1.96 bits per heavy atom. The highest BCUT2D eigenvalue weighted by atomic mass is 35.5. The van der Waals surface area contributed by atoms with Crippen molar-refractivity contribution in [3.05, 3.63) is 22.8 Å². The number of carboxylic acid groups (broad SMARTS) is 1. The summed E-state index contributed by atoms with van der Waals surface area (Å²) in [7, 11) is 0. The van der Waals surface area contributed by atoms with E-state index in [4.69, 9.17) is 21.4 Å². The maximum Gasteiger partial charge on any atom is 0.417 e. The minimum absolute atomic E-state index is 0.00841. The summed E-state index contributed by atoms with van der Waals surface area (Å²) in [6, 6.07) is 0.713. The van der Waals surface area contributed by atoms with Crippen LogP contribution in [0.4, 0.5) is 13.2 Å². The van der Waals surface area contributed by atoms with Gasteiger partial charge in [0.15, 0.2) is 0 Å². The number of amides is 1. The van der Waals surface area contributed by atoms with Crippen LogP contribution in [0.3, 0.4) is 0 Å². The van der Waals surface area contributed by atoms with Crippen molar-refractivity contribution in [3.8, 4) is 5.88 Å². The zero-order valence-electron chi connectivity index (χ0n) is 12.5. The molecule has 0 spiro atoms. The SMILES string of the molecule is O=C(O)CCCCC(=O)NCCOc1ncc(C(F)(F)F)cc1Cl. The van der Waals surface area contributed by atoms with Crippen LogP contribution in [0, 0.1) is 0 Å². The highest BCUT2D eigenvalue weighted by molar-refractivity contribution is 6.31. The van der Waals surface area contributed by atoms with Gasteiger partial charge < -0.3 is 15.2 Å². The Morgan fingerprint density at radius 3 is 2.54 bits per heavy atom. The van der Waals surface area contributed by atoms with E-state index >= 15 is 0 Å². The Kier molecular flexibility index (Phi) is 7.76. The minimum atomic E-state index is -4.54. The molecule has 1 aromatic heterocycles. The number of alkyl halides is 3. The van der Waals surface area contributed by atoms with E-state index in [-0.39, 0.29) is 42.8 Å². The summed E-state index contributed by atoms with van der Waals surface area (Å²) < 4.78 is 42.5. The smallest absolute Gasteiger partial charge is 0.417 e. The van der Waals surface area contributed by atoms with Gasteiger partial charge in [-0.25, -0.2) is 4.98 Å². The summed E-state index contributed by atoms with van der Waals surface area (Å²) in [5.41, 5.74) is -0.977. The molecule has 1 aromatic rings. The van der Waals surface area contributed by atoms with E-state index in [0.717, 1.165) is 0 Å². The fourth-order valence-electron chi connectivity index (χ4n) is 1.67. The highest BCUT2D eigenvalue weighted by Gasteiger charge is 2.31. The van der Waals surface area contributed by atoms with Crippen molar-refractivity contribution < 1.29 is 32.6 Å². The molecular weight excluding hydrogens is 353 g/mol. The number of halogens is 4. The number of aromatic nitrogens is 1. The molecule has 0 fully saturated rings. The fourth-order valence-corrected chi connectivity index (χ4v) is 1.90. The van der Waals surface area contributed by atoms with Gasteiger partial charge in [0.25, 0.3) is 0 Å². The van der Waals surface area contributed by atoms with Crippen LogP contribution >= 0.6 is 11.6 Å². The molecule has 0 aliphatic heterocycles. The van der Waals surface area contributed by atoms with Crippen LogP contribution in [-0.2, 0) is 15.8 Å². The fraction of sp³-hybridized carbons (Fsp3) is 0.500. The summed E-state index contributed by atoms with van der Waals surface area (Å²) in [5.74, 6) is -1.33. The number of nitrogens with zero attached hydrogens (tertiary/aromatic N) is 1. The zero-order valence-corrected chi connectivity index (χ0v) is 13.3. The second kappa shape index (κ2) is 9.31. The second-order valence-corrected chi connectivity index (χ2v) is 5.22. The second-order valence-electron chi connectivity index (χ2n) is 4.81. The van der Waals surface area contributed by atoms with Gasteiger partial charge in [0.2, 0.25) is 11.8 Å². The summed E-state index contributed by atoms with van der Waals surface area (Å²) in [6.07, 6.45) is -2.87. The van der Waals surface area contributed by atoms with Gasteiger partial charge in [-0.2, -0.15) is 13.2 Å². The number of hydrogen-bond donors (Lipinski definition) is 2. The number of unbranched alkanes of at least 4 members (excludes halogenated alkanes) is 1. The maximum absolute atomic E-state index is 12.4. The first-order valence-electron chi connectivity index (χ1n) is 7.04. The van der Waals surface area contributed by atoms with Gasteiger partial charge in [0.1, 0.15) is 11.6 Å². The molecule has 0 aliphatic rings. The van der Waals surface area contributed by atoms with Gasteiger partial charge in [-0.05, 0) is 18.9 Å². The molecule has 2 N–H and O–H groups in total. The monoisotopic (exact) mass is 368 g/mol. The lowest BCUT2D eigenvalue weighted by Crippen LogP contribution is -2.28. The predicted molar refractivity (Wildman–Crippen MR) is 78.9 cm³/mol. The van der Waals surface area contributed by atoms with Crippen LogP contribution in [0.25, 0.3) is 0 Å². The summed E-state index contributed by atoms with van der Waals surface area (Å²) in [4.78, 5) is 25.2. The molecule has 6 nitrogen and oxygen atoms in total. The van der Waals surface area contributed by atoms with E-state index in [9.17, 15) is 22.8 Å². The lowest BCUT2D eigenvalue weighted by Gasteiger charge is -2.10. The summed E-state index contributed by atoms with van der Waals surface area (Å²) in [6.45, 7) is 0.107. The third-order valence-electron chi connectivity index (χ3n) is 2.84. The van der Waals surface area contributed by atoms with Crippen LogP contribution in [-0.4, -0.2) is 35.1 Å². The number of carboxylic acids is 1. The van der Waals surface area contributed by atoms with Gasteiger partial charge in [0, 0.05) is 19.0 Å². The highest BCUT2D eigenvalue weighted by Crippen LogP contribution is 2.32. The van der Waals surface area contributed by atoms with E-state index in [1.54, 1.807) is 0 Å². The lowest BCUT2D eigenvalue weighted by atomic mass is 10.2. The number of nitrogens with one attached hydrogen (secondary N) is 1. The van der Waals surface area contributed by atoms with Crippen molar-refractivity contribution in [2.24, 2.45) is 0 Å². The number of carbonyl (C=O) groups is 2. The van der Waals surface area contributed by atoms with E-state index in [1.165, 1.54) is 0 Å². The number of pyridine rings is 1. The molecule has 10 heteroatoms.